The van der Waals surface area contributed by atoms with Crippen molar-refractivity contribution in [3.63, 3.8) is 0 Å². The lowest BCUT2D eigenvalue weighted by atomic mass is 9.92. The van der Waals surface area contributed by atoms with Gasteiger partial charge in [0.05, 0.1) is 17.9 Å². The Bertz CT molecular complexity index is 1050. The SMILES string of the molecule is Cc1ccc2nnc(CN3CCC(Cn4nc(C(C)(C)C)ccc4=O)CC3)n2n1. The summed E-state index contributed by atoms with van der Waals surface area (Å²) >= 11 is 0. The van der Waals surface area contributed by atoms with E-state index in [1.165, 1.54) is 0 Å². The summed E-state index contributed by atoms with van der Waals surface area (Å²) in [5.74, 6) is 1.33. The van der Waals surface area contributed by atoms with E-state index >= 15 is 0 Å². The zero-order valence-electron chi connectivity index (χ0n) is 17.7. The molecular formula is C21H29N7O. The van der Waals surface area contributed by atoms with Crippen LogP contribution >= 0.6 is 0 Å². The average molecular weight is 396 g/mol. The molecule has 0 saturated carbocycles. The molecule has 1 fully saturated rings. The summed E-state index contributed by atoms with van der Waals surface area (Å²) in [4.78, 5) is 14.7. The third-order valence-electron chi connectivity index (χ3n) is 5.60. The third-order valence-corrected chi connectivity index (χ3v) is 5.60. The molecule has 3 aromatic heterocycles. The minimum Gasteiger partial charge on any atom is -0.296 e. The summed E-state index contributed by atoms with van der Waals surface area (Å²) < 4.78 is 3.49. The number of nitrogens with zero attached hydrogens (tertiary/aromatic N) is 7. The molecule has 0 radical (unpaired) electrons. The van der Waals surface area contributed by atoms with Crippen molar-refractivity contribution in [1.29, 1.82) is 0 Å². The number of hydrogen-bond acceptors (Lipinski definition) is 6. The average Bonchev–Trinajstić information content (AvgIpc) is 3.06. The Morgan fingerprint density at radius 1 is 1.03 bits per heavy atom. The molecular weight excluding hydrogens is 366 g/mol. The van der Waals surface area contributed by atoms with Crippen molar-refractivity contribution in [2.75, 3.05) is 13.1 Å². The van der Waals surface area contributed by atoms with Crippen molar-refractivity contribution in [3.8, 4) is 0 Å². The molecule has 0 N–H and O–H groups in total. The fourth-order valence-corrected chi connectivity index (χ4v) is 3.77. The lowest BCUT2D eigenvalue weighted by Gasteiger charge is -2.31. The van der Waals surface area contributed by atoms with E-state index in [4.69, 9.17) is 0 Å². The van der Waals surface area contributed by atoms with E-state index in [0.717, 1.165) is 55.3 Å². The smallest absolute Gasteiger partial charge is 0.266 e. The highest BCUT2D eigenvalue weighted by molar-refractivity contribution is 5.35. The Labute approximate surface area is 170 Å². The van der Waals surface area contributed by atoms with E-state index in [1.54, 1.807) is 10.7 Å². The van der Waals surface area contributed by atoms with E-state index in [1.807, 2.05) is 29.6 Å². The maximum atomic E-state index is 12.3. The molecule has 29 heavy (non-hydrogen) atoms. The predicted octanol–water partition coefficient (Wildman–Crippen LogP) is 2.20. The van der Waals surface area contributed by atoms with Crippen LogP contribution in [-0.2, 0) is 18.5 Å². The third kappa shape index (κ3) is 4.37. The van der Waals surface area contributed by atoms with Crippen LogP contribution in [0.15, 0.2) is 29.1 Å². The summed E-state index contributed by atoms with van der Waals surface area (Å²) in [7, 11) is 0. The molecule has 0 aromatic carbocycles. The van der Waals surface area contributed by atoms with Crippen LogP contribution in [0.1, 0.15) is 50.8 Å². The minimum atomic E-state index is -0.0633. The van der Waals surface area contributed by atoms with Crippen molar-refractivity contribution >= 4 is 5.65 Å². The first-order chi connectivity index (χ1) is 13.8. The van der Waals surface area contributed by atoms with Crippen LogP contribution in [0.25, 0.3) is 5.65 Å². The number of rotatable bonds is 4. The van der Waals surface area contributed by atoms with Crippen molar-refractivity contribution in [3.05, 3.63) is 51.8 Å². The predicted molar refractivity (Wildman–Crippen MR) is 111 cm³/mol. The van der Waals surface area contributed by atoms with Crippen molar-refractivity contribution in [2.24, 2.45) is 5.92 Å². The fraction of sp³-hybridized carbons (Fsp3) is 0.571. The first-order valence-electron chi connectivity index (χ1n) is 10.3. The summed E-state index contributed by atoms with van der Waals surface area (Å²) in [6.07, 6.45) is 2.08. The molecule has 1 aliphatic rings. The maximum absolute atomic E-state index is 12.3. The number of piperidine rings is 1. The van der Waals surface area contributed by atoms with Crippen LogP contribution in [-0.4, -0.2) is 47.6 Å². The van der Waals surface area contributed by atoms with Crippen molar-refractivity contribution < 1.29 is 0 Å². The topological polar surface area (TPSA) is 81.2 Å². The Balaban J connectivity index is 1.39. The Morgan fingerprint density at radius 3 is 2.52 bits per heavy atom. The second kappa shape index (κ2) is 7.67. The lowest BCUT2D eigenvalue weighted by molar-refractivity contribution is 0.159. The standard InChI is InChI=1S/C21H29N7O/c1-15-5-7-18-22-23-19(28(18)24-15)14-26-11-9-16(10-12-26)13-27-20(29)8-6-17(25-27)21(2,3)4/h5-8,16H,9-14H2,1-4H3. The van der Waals surface area contributed by atoms with Gasteiger partial charge in [-0.1, -0.05) is 20.8 Å². The highest BCUT2D eigenvalue weighted by atomic mass is 16.1. The molecule has 8 heteroatoms. The largest absolute Gasteiger partial charge is 0.296 e. The van der Waals surface area contributed by atoms with Gasteiger partial charge in [0.1, 0.15) is 0 Å². The van der Waals surface area contributed by atoms with E-state index in [2.05, 4.69) is 46.1 Å². The second-order valence-electron chi connectivity index (χ2n) is 9.07. The van der Waals surface area contributed by atoms with Gasteiger partial charge < -0.3 is 0 Å². The van der Waals surface area contributed by atoms with Gasteiger partial charge in [0.25, 0.3) is 5.56 Å². The fourth-order valence-electron chi connectivity index (χ4n) is 3.77. The summed E-state index contributed by atoms with van der Waals surface area (Å²) in [6.45, 7) is 11.7. The van der Waals surface area contributed by atoms with E-state index in [0.29, 0.717) is 12.5 Å². The van der Waals surface area contributed by atoms with Crippen molar-refractivity contribution in [2.45, 2.75) is 59.0 Å². The molecule has 0 atom stereocenters. The number of aryl methyl sites for hydroxylation is 1. The van der Waals surface area contributed by atoms with Crippen LogP contribution in [0.4, 0.5) is 0 Å². The van der Waals surface area contributed by atoms with Gasteiger partial charge in [0, 0.05) is 18.0 Å². The van der Waals surface area contributed by atoms with Crippen LogP contribution in [0.5, 0.6) is 0 Å². The zero-order valence-corrected chi connectivity index (χ0v) is 17.7. The molecule has 0 bridgehead atoms. The van der Waals surface area contributed by atoms with Gasteiger partial charge in [0.2, 0.25) is 0 Å². The number of fused-ring (bicyclic) bond motifs is 1. The first-order valence-corrected chi connectivity index (χ1v) is 10.3. The molecule has 1 aliphatic heterocycles. The van der Waals surface area contributed by atoms with Gasteiger partial charge in [-0.2, -0.15) is 14.7 Å². The van der Waals surface area contributed by atoms with Crippen LogP contribution in [0, 0.1) is 12.8 Å². The summed E-state index contributed by atoms with van der Waals surface area (Å²) in [6, 6.07) is 7.39. The van der Waals surface area contributed by atoms with Crippen LogP contribution < -0.4 is 5.56 Å². The van der Waals surface area contributed by atoms with Gasteiger partial charge >= 0.3 is 0 Å². The quantitative estimate of drug-likeness (QED) is 0.674. The van der Waals surface area contributed by atoms with Crippen LogP contribution in [0.3, 0.4) is 0 Å². The number of aromatic nitrogens is 6. The van der Waals surface area contributed by atoms with Gasteiger partial charge in [0.15, 0.2) is 11.5 Å². The van der Waals surface area contributed by atoms with E-state index in [-0.39, 0.29) is 11.0 Å². The molecule has 1 saturated heterocycles. The van der Waals surface area contributed by atoms with Gasteiger partial charge in [-0.25, -0.2) is 4.68 Å². The van der Waals surface area contributed by atoms with Gasteiger partial charge in [-0.15, -0.1) is 10.2 Å². The molecule has 0 spiro atoms. The molecule has 8 nitrogen and oxygen atoms in total. The van der Waals surface area contributed by atoms with Gasteiger partial charge in [-0.05, 0) is 57.0 Å². The highest BCUT2D eigenvalue weighted by Crippen LogP contribution is 2.21. The Morgan fingerprint density at radius 2 is 1.79 bits per heavy atom. The Hall–Kier alpha value is -2.61. The van der Waals surface area contributed by atoms with Crippen LogP contribution in [0.2, 0.25) is 0 Å². The molecule has 0 unspecified atom stereocenters. The maximum Gasteiger partial charge on any atom is 0.266 e. The molecule has 4 heterocycles. The lowest BCUT2D eigenvalue weighted by Crippen LogP contribution is -2.37. The molecule has 0 aliphatic carbocycles. The van der Waals surface area contributed by atoms with E-state index < -0.39 is 0 Å². The highest BCUT2D eigenvalue weighted by Gasteiger charge is 2.23. The zero-order chi connectivity index (χ0) is 20.6. The Kier molecular flexibility index (Phi) is 5.21. The van der Waals surface area contributed by atoms with Crippen molar-refractivity contribution in [1.82, 2.24) is 34.5 Å². The monoisotopic (exact) mass is 395 g/mol. The van der Waals surface area contributed by atoms with E-state index in [9.17, 15) is 4.79 Å². The molecule has 4 rings (SSSR count). The number of hydrogen-bond donors (Lipinski definition) is 0. The molecule has 0 amide bonds. The first kappa shape index (κ1) is 19.7. The molecule has 3 aromatic rings. The van der Waals surface area contributed by atoms with Gasteiger partial charge in [-0.3, -0.25) is 9.69 Å². The number of likely N-dealkylation sites (tertiary alicyclic amines) is 1. The normalized spacial score (nSPS) is 16.6. The minimum absolute atomic E-state index is 0.0168. The second-order valence-corrected chi connectivity index (χ2v) is 9.07. The summed E-state index contributed by atoms with van der Waals surface area (Å²) in [5.41, 5.74) is 2.61. The molecule has 154 valence electrons. The summed E-state index contributed by atoms with van der Waals surface area (Å²) in [5, 5.41) is 17.7.